The van der Waals surface area contributed by atoms with E-state index in [9.17, 15) is 8.42 Å². The van der Waals surface area contributed by atoms with Gasteiger partial charge in [-0.25, -0.2) is 0 Å². The lowest BCUT2D eigenvalue weighted by molar-refractivity contribution is 0.329. The molecule has 0 saturated heterocycles. The highest BCUT2D eigenvalue weighted by Gasteiger charge is 2.20. The van der Waals surface area contributed by atoms with E-state index in [1.54, 1.807) is 6.92 Å². The first-order chi connectivity index (χ1) is 6.50. The van der Waals surface area contributed by atoms with E-state index >= 15 is 0 Å². The van der Waals surface area contributed by atoms with Gasteiger partial charge in [-0.2, -0.15) is 8.42 Å². The summed E-state index contributed by atoms with van der Waals surface area (Å²) in [6, 6.07) is 0. The SMILES string of the molecule is CC(CCC1CCCCC1)S(=O)(=O)O. The van der Waals surface area contributed by atoms with Gasteiger partial charge in [0.1, 0.15) is 0 Å². The molecule has 3 nitrogen and oxygen atoms in total. The fourth-order valence-corrected chi connectivity index (χ4v) is 2.53. The second-order valence-electron chi connectivity index (χ2n) is 4.41. The number of rotatable bonds is 4. The molecule has 1 saturated carbocycles. The van der Waals surface area contributed by atoms with Gasteiger partial charge in [0, 0.05) is 0 Å². The van der Waals surface area contributed by atoms with E-state index < -0.39 is 15.4 Å². The number of hydrogen-bond donors (Lipinski definition) is 1. The highest BCUT2D eigenvalue weighted by molar-refractivity contribution is 7.86. The number of hydrogen-bond acceptors (Lipinski definition) is 2. The summed E-state index contributed by atoms with van der Waals surface area (Å²) < 4.78 is 30.3. The lowest BCUT2D eigenvalue weighted by Crippen LogP contribution is -2.18. The van der Waals surface area contributed by atoms with Crippen molar-refractivity contribution >= 4 is 10.1 Å². The summed E-state index contributed by atoms with van der Waals surface area (Å²) in [4.78, 5) is 0. The zero-order valence-corrected chi connectivity index (χ0v) is 9.59. The van der Waals surface area contributed by atoms with Crippen molar-refractivity contribution in [2.24, 2.45) is 5.92 Å². The maximum atomic E-state index is 10.8. The first-order valence-corrected chi connectivity index (χ1v) is 6.97. The van der Waals surface area contributed by atoms with Crippen LogP contribution in [0.2, 0.25) is 0 Å². The van der Waals surface area contributed by atoms with Crippen LogP contribution < -0.4 is 0 Å². The molecule has 84 valence electrons. The van der Waals surface area contributed by atoms with Crippen molar-refractivity contribution in [2.45, 2.75) is 57.1 Å². The summed E-state index contributed by atoms with van der Waals surface area (Å²) >= 11 is 0. The van der Waals surface area contributed by atoms with E-state index in [-0.39, 0.29) is 0 Å². The van der Waals surface area contributed by atoms with E-state index in [0.717, 1.165) is 6.42 Å². The zero-order valence-electron chi connectivity index (χ0n) is 8.78. The molecule has 1 aliphatic rings. The van der Waals surface area contributed by atoms with Crippen molar-refractivity contribution in [3.63, 3.8) is 0 Å². The summed E-state index contributed by atoms with van der Waals surface area (Å²) in [5.41, 5.74) is 0. The molecule has 1 aliphatic carbocycles. The van der Waals surface area contributed by atoms with Gasteiger partial charge in [0.05, 0.1) is 5.25 Å². The molecular weight excluding hydrogens is 200 g/mol. The summed E-state index contributed by atoms with van der Waals surface area (Å²) in [7, 11) is -3.80. The van der Waals surface area contributed by atoms with Crippen LogP contribution in [0.25, 0.3) is 0 Å². The third-order valence-corrected chi connectivity index (χ3v) is 4.47. The molecular formula is C10H20O3S. The summed E-state index contributed by atoms with van der Waals surface area (Å²) in [5.74, 6) is 0.688. The molecule has 0 aromatic carbocycles. The van der Waals surface area contributed by atoms with Gasteiger partial charge in [0.15, 0.2) is 0 Å². The molecule has 1 fully saturated rings. The van der Waals surface area contributed by atoms with Crippen LogP contribution in [0.3, 0.4) is 0 Å². The van der Waals surface area contributed by atoms with E-state index in [1.807, 2.05) is 0 Å². The van der Waals surface area contributed by atoms with Gasteiger partial charge in [-0.05, 0) is 25.7 Å². The van der Waals surface area contributed by atoms with Crippen LogP contribution in [0, 0.1) is 5.92 Å². The molecule has 0 spiro atoms. The zero-order chi connectivity index (χ0) is 10.6. The van der Waals surface area contributed by atoms with Crippen LogP contribution in [-0.4, -0.2) is 18.2 Å². The fourth-order valence-electron chi connectivity index (χ4n) is 2.10. The van der Waals surface area contributed by atoms with Crippen molar-refractivity contribution < 1.29 is 13.0 Å². The molecule has 0 bridgehead atoms. The third kappa shape index (κ3) is 3.96. The van der Waals surface area contributed by atoms with E-state index in [0.29, 0.717) is 12.3 Å². The van der Waals surface area contributed by atoms with Gasteiger partial charge in [-0.1, -0.05) is 32.1 Å². The minimum Gasteiger partial charge on any atom is -0.285 e. The first kappa shape index (κ1) is 12.0. The summed E-state index contributed by atoms with van der Waals surface area (Å²) in [5, 5.41) is -0.593. The van der Waals surface area contributed by atoms with E-state index in [1.165, 1.54) is 32.1 Å². The molecule has 0 heterocycles. The van der Waals surface area contributed by atoms with E-state index in [2.05, 4.69) is 0 Å². The van der Waals surface area contributed by atoms with Crippen molar-refractivity contribution in [3.8, 4) is 0 Å². The average Bonchev–Trinajstić information content (AvgIpc) is 2.14. The maximum Gasteiger partial charge on any atom is 0.267 e. The van der Waals surface area contributed by atoms with Crippen molar-refractivity contribution in [3.05, 3.63) is 0 Å². The topological polar surface area (TPSA) is 54.4 Å². The Kier molecular flexibility index (Phi) is 4.38. The third-order valence-electron chi connectivity index (χ3n) is 3.21. The smallest absolute Gasteiger partial charge is 0.267 e. The van der Waals surface area contributed by atoms with Gasteiger partial charge >= 0.3 is 0 Å². The van der Waals surface area contributed by atoms with Crippen LogP contribution in [0.1, 0.15) is 51.9 Å². The van der Waals surface area contributed by atoms with Gasteiger partial charge in [0.25, 0.3) is 10.1 Å². The van der Waals surface area contributed by atoms with Gasteiger partial charge < -0.3 is 0 Å². The lowest BCUT2D eigenvalue weighted by Gasteiger charge is -2.22. The molecule has 1 atom stereocenters. The second-order valence-corrected chi connectivity index (χ2v) is 6.24. The van der Waals surface area contributed by atoms with Gasteiger partial charge in [-0.15, -0.1) is 0 Å². The minimum absolute atomic E-state index is 0.593. The quantitative estimate of drug-likeness (QED) is 0.741. The Morgan fingerprint density at radius 3 is 2.36 bits per heavy atom. The van der Waals surface area contributed by atoms with Crippen LogP contribution >= 0.6 is 0 Å². The predicted octanol–water partition coefficient (Wildman–Crippen LogP) is 2.62. The lowest BCUT2D eigenvalue weighted by atomic mass is 9.86. The largest absolute Gasteiger partial charge is 0.285 e. The first-order valence-electron chi connectivity index (χ1n) is 5.46. The predicted molar refractivity (Wildman–Crippen MR) is 56.8 cm³/mol. The molecule has 0 amide bonds. The molecule has 0 aromatic rings. The van der Waals surface area contributed by atoms with E-state index in [4.69, 9.17) is 4.55 Å². The summed E-state index contributed by atoms with van der Waals surface area (Å²) in [6.07, 6.45) is 7.90. The summed E-state index contributed by atoms with van der Waals surface area (Å²) in [6.45, 7) is 1.58. The maximum absolute atomic E-state index is 10.8. The Bertz CT molecular complexity index is 253. The van der Waals surface area contributed by atoms with Gasteiger partial charge in [-0.3, -0.25) is 4.55 Å². The minimum atomic E-state index is -3.80. The molecule has 4 heteroatoms. The monoisotopic (exact) mass is 220 g/mol. The molecule has 0 aliphatic heterocycles. The normalized spacial score (nSPS) is 22.1. The van der Waals surface area contributed by atoms with Crippen molar-refractivity contribution in [1.29, 1.82) is 0 Å². The Morgan fingerprint density at radius 2 is 1.86 bits per heavy atom. The highest BCUT2D eigenvalue weighted by atomic mass is 32.2. The average molecular weight is 220 g/mol. The highest BCUT2D eigenvalue weighted by Crippen LogP contribution is 2.28. The fraction of sp³-hybridized carbons (Fsp3) is 1.00. The Balaban J connectivity index is 2.25. The molecule has 14 heavy (non-hydrogen) atoms. The molecule has 1 unspecified atom stereocenters. The van der Waals surface area contributed by atoms with Gasteiger partial charge in [0.2, 0.25) is 0 Å². The van der Waals surface area contributed by atoms with Crippen LogP contribution in [0.15, 0.2) is 0 Å². The molecule has 0 aromatic heterocycles. The molecule has 0 radical (unpaired) electrons. The van der Waals surface area contributed by atoms with Crippen molar-refractivity contribution in [1.82, 2.24) is 0 Å². The van der Waals surface area contributed by atoms with Crippen LogP contribution in [-0.2, 0) is 10.1 Å². The Morgan fingerprint density at radius 1 is 1.29 bits per heavy atom. The molecule has 1 N–H and O–H groups in total. The Hall–Kier alpha value is -0.0900. The second kappa shape index (κ2) is 5.12. The Labute approximate surface area is 86.6 Å². The van der Waals surface area contributed by atoms with Crippen LogP contribution in [0.5, 0.6) is 0 Å². The van der Waals surface area contributed by atoms with Crippen LogP contribution in [0.4, 0.5) is 0 Å². The molecule has 1 rings (SSSR count). The standard InChI is InChI=1S/C10H20O3S/c1-9(14(11,12)13)7-8-10-5-3-2-4-6-10/h9-10H,2-8H2,1H3,(H,11,12,13). The van der Waals surface area contributed by atoms with Crippen molar-refractivity contribution in [2.75, 3.05) is 0 Å².